The molecule has 0 bridgehead atoms. The van der Waals surface area contributed by atoms with Crippen molar-refractivity contribution in [2.24, 2.45) is 5.92 Å². The third kappa shape index (κ3) is 3.37. The summed E-state index contributed by atoms with van der Waals surface area (Å²) in [7, 11) is 0. The molecule has 0 radical (unpaired) electrons. The van der Waals surface area contributed by atoms with Crippen molar-refractivity contribution in [2.75, 3.05) is 37.7 Å². The van der Waals surface area contributed by atoms with Crippen molar-refractivity contribution < 1.29 is 9.53 Å². The number of piperidine rings is 1. The van der Waals surface area contributed by atoms with Crippen molar-refractivity contribution >= 4 is 11.7 Å². The Kier molecular flexibility index (Phi) is 4.40. The maximum atomic E-state index is 12.5. The molecular weight excluding hydrogens is 318 g/mol. The molecule has 0 spiro atoms. The highest BCUT2D eigenvalue weighted by molar-refractivity contribution is 5.92. The van der Waals surface area contributed by atoms with Gasteiger partial charge in [-0.25, -0.2) is 0 Å². The molecule has 7 nitrogen and oxygen atoms in total. The van der Waals surface area contributed by atoms with Crippen LogP contribution in [-0.4, -0.2) is 64.9 Å². The van der Waals surface area contributed by atoms with Crippen LogP contribution in [0.3, 0.4) is 0 Å². The Bertz CT molecular complexity index is 716. The number of carbonyl (C=O) groups excluding carboxylic acids is 1. The number of aromatic nitrogens is 3. The van der Waals surface area contributed by atoms with E-state index in [1.54, 1.807) is 6.20 Å². The number of aryl methyl sites for hydroxylation is 1. The number of anilines is 1. The number of fused-ring (bicyclic) bond motifs is 1. The minimum absolute atomic E-state index is 0.0533. The molecule has 7 heteroatoms. The first-order valence-corrected chi connectivity index (χ1v) is 8.80. The molecule has 0 unspecified atom stereocenters. The quantitative estimate of drug-likeness (QED) is 0.896. The number of amides is 1. The summed E-state index contributed by atoms with van der Waals surface area (Å²) in [6, 6.07) is 7.68. The molecule has 2 aliphatic rings. The highest BCUT2D eigenvalue weighted by Gasteiger charge is 2.35. The van der Waals surface area contributed by atoms with Gasteiger partial charge in [0.1, 0.15) is 5.69 Å². The molecule has 0 aromatic carbocycles. The third-order valence-corrected chi connectivity index (χ3v) is 5.07. The Hall–Kier alpha value is -2.41. The minimum Gasteiger partial charge on any atom is -0.374 e. The van der Waals surface area contributed by atoms with Gasteiger partial charge in [0, 0.05) is 38.3 Å². The Morgan fingerprint density at radius 1 is 1.24 bits per heavy atom. The maximum Gasteiger partial charge on any atom is 0.270 e. The average Bonchev–Trinajstić information content (AvgIpc) is 3.08. The number of nitrogens with one attached hydrogen (secondary N) is 1. The first-order valence-electron chi connectivity index (χ1n) is 8.80. The largest absolute Gasteiger partial charge is 0.374 e. The molecule has 1 amide bonds. The molecule has 2 saturated heterocycles. The van der Waals surface area contributed by atoms with Gasteiger partial charge < -0.3 is 19.5 Å². The Morgan fingerprint density at radius 3 is 2.92 bits per heavy atom. The number of likely N-dealkylation sites (tertiary alicyclic amines) is 1. The molecule has 2 aromatic rings. The van der Waals surface area contributed by atoms with Gasteiger partial charge in [-0.05, 0) is 37.6 Å². The second-order valence-electron chi connectivity index (χ2n) is 6.77. The molecule has 132 valence electrons. The number of H-pyrrole nitrogens is 1. The zero-order valence-corrected chi connectivity index (χ0v) is 14.4. The molecule has 25 heavy (non-hydrogen) atoms. The molecule has 2 fully saturated rings. The van der Waals surface area contributed by atoms with Crippen LogP contribution in [0.5, 0.6) is 0 Å². The minimum atomic E-state index is 0.0533. The predicted molar refractivity (Wildman–Crippen MR) is 93.5 cm³/mol. The van der Waals surface area contributed by atoms with E-state index in [4.69, 9.17) is 4.74 Å². The molecule has 4 rings (SSSR count). The predicted octanol–water partition coefficient (Wildman–Crippen LogP) is 1.48. The molecule has 0 aliphatic carbocycles. The van der Waals surface area contributed by atoms with E-state index in [2.05, 4.69) is 20.1 Å². The van der Waals surface area contributed by atoms with Crippen molar-refractivity contribution in [3.8, 4) is 0 Å². The summed E-state index contributed by atoms with van der Waals surface area (Å²) < 4.78 is 6.09. The van der Waals surface area contributed by atoms with Gasteiger partial charge in [0.05, 0.1) is 18.4 Å². The number of hydrogen-bond donors (Lipinski definition) is 1. The number of carbonyl (C=O) groups is 1. The third-order valence-electron chi connectivity index (χ3n) is 5.07. The van der Waals surface area contributed by atoms with E-state index in [9.17, 15) is 4.79 Å². The van der Waals surface area contributed by atoms with Crippen LogP contribution in [0, 0.1) is 12.8 Å². The van der Waals surface area contributed by atoms with Crippen LogP contribution in [0.2, 0.25) is 0 Å². The van der Waals surface area contributed by atoms with E-state index >= 15 is 0 Å². The lowest BCUT2D eigenvalue weighted by molar-refractivity contribution is -0.0170. The van der Waals surface area contributed by atoms with Crippen molar-refractivity contribution in [2.45, 2.75) is 19.4 Å². The lowest BCUT2D eigenvalue weighted by Crippen LogP contribution is -2.49. The van der Waals surface area contributed by atoms with Crippen LogP contribution < -0.4 is 4.90 Å². The Labute approximate surface area is 147 Å². The number of nitrogens with zero attached hydrogens (tertiary/aromatic N) is 4. The molecular formula is C18H23N5O2. The summed E-state index contributed by atoms with van der Waals surface area (Å²) in [4.78, 5) is 19.7. The fourth-order valence-corrected chi connectivity index (χ4v) is 3.64. The zero-order valence-electron chi connectivity index (χ0n) is 14.4. The van der Waals surface area contributed by atoms with E-state index in [-0.39, 0.29) is 12.0 Å². The fraction of sp³-hybridized carbons (Fsp3) is 0.500. The normalized spacial score (nSPS) is 23.9. The average molecular weight is 341 g/mol. The van der Waals surface area contributed by atoms with E-state index in [0.717, 1.165) is 37.6 Å². The fourth-order valence-electron chi connectivity index (χ4n) is 3.64. The summed E-state index contributed by atoms with van der Waals surface area (Å²) in [5, 5.41) is 8.47. The van der Waals surface area contributed by atoms with E-state index < -0.39 is 0 Å². The van der Waals surface area contributed by atoms with Gasteiger partial charge in [-0.15, -0.1) is 5.10 Å². The van der Waals surface area contributed by atoms with Crippen molar-refractivity contribution in [3.05, 3.63) is 41.9 Å². The van der Waals surface area contributed by atoms with Crippen molar-refractivity contribution in [3.63, 3.8) is 0 Å². The van der Waals surface area contributed by atoms with Crippen LogP contribution in [0.25, 0.3) is 0 Å². The van der Waals surface area contributed by atoms with Gasteiger partial charge in [-0.2, -0.15) is 5.10 Å². The van der Waals surface area contributed by atoms with Crippen molar-refractivity contribution in [1.29, 1.82) is 0 Å². The van der Waals surface area contributed by atoms with E-state index in [0.29, 0.717) is 24.8 Å². The summed E-state index contributed by atoms with van der Waals surface area (Å²) in [5.74, 6) is 1.36. The Balaban J connectivity index is 1.43. The smallest absolute Gasteiger partial charge is 0.270 e. The zero-order chi connectivity index (χ0) is 17.2. The first kappa shape index (κ1) is 16.1. The highest BCUT2D eigenvalue weighted by atomic mass is 16.5. The molecule has 0 saturated carbocycles. The highest BCUT2D eigenvalue weighted by Crippen LogP contribution is 2.26. The second-order valence-corrected chi connectivity index (χ2v) is 6.77. The molecule has 2 aromatic heterocycles. The monoisotopic (exact) mass is 341 g/mol. The number of aromatic amines is 1. The van der Waals surface area contributed by atoms with Gasteiger partial charge in [-0.1, -0.05) is 0 Å². The topological polar surface area (TPSA) is 74.3 Å². The Morgan fingerprint density at radius 2 is 2.16 bits per heavy atom. The van der Waals surface area contributed by atoms with E-state index in [1.807, 2.05) is 36.1 Å². The van der Waals surface area contributed by atoms with Crippen LogP contribution in [0.15, 0.2) is 30.5 Å². The van der Waals surface area contributed by atoms with Crippen LogP contribution in [0.4, 0.5) is 5.82 Å². The van der Waals surface area contributed by atoms with Gasteiger partial charge in [-0.3, -0.25) is 4.79 Å². The molecule has 1 N–H and O–H groups in total. The summed E-state index contributed by atoms with van der Waals surface area (Å²) in [6.07, 6.45) is 2.80. The summed E-state index contributed by atoms with van der Waals surface area (Å²) >= 11 is 0. The first-order chi connectivity index (χ1) is 12.2. The molecule has 4 heterocycles. The maximum absolute atomic E-state index is 12.5. The van der Waals surface area contributed by atoms with Gasteiger partial charge in [0.15, 0.2) is 5.82 Å². The van der Waals surface area contributed by atoms with Gasteiger partial charge in [0.25, 0.3) is 5.91 Å². The second kappa shape index (κ2) is 6.84. The molecule has 2 atom stereocenters. The number of hydrogen-bond acceptors (Lipinski definition) is 5. The molecule has 2 aliphatic heterocycles. The van der Waals surface area contributed by atoms with Gasteiger partial charge >= 0.3 is 0 Å². The summed E-state index contributed by atoms with van der Waals surface area (Å²) in [6.45, 7) is 5.69. The standard InChI is InChI=1S/C18H23N5O2/c1-13-4-5-17(21-20-13)22-9-10-25-16-12-23(8-6-14(16)11-22)18(24)15-3-2-7-19-15/h2-5,7,14,16,19H,6,8-12H2,1H3/t14-,16-/m0/s1. The van der Waals surface area contributed by atoms with Gasteiger partial charge in [0.2, 0.25) is 0 Å². The lowest BCUT2D eigenvalue weighted by atomic mass is 9.93. The van der Waals surface area contributed by atoms with Crippen LogP contribution in [-0.2, 0) is 4.74 Å². The number of rotatable bonds is 2. The number of ether oxygens (including phenoxy) is 1. The lowest BCUT2D eigenvalue weighted by Gasteiger charge is -2.37. The summed E-state index contributed by atoms with van der Waals surface area (Å²) in [5.41, 5.74) is 1.56. The van der Waals surface area contributed by atoms with Crippen LogP contribution in [0.1, 0.15) is 22.6 Å². The van der Waals surface area contributed by atoms with E-state index in [1.165, 1.54) is 0 Å². The van der Waals surface area contributed by atoms with Crippen molar-refractivity contribution in [1.82, 2.24) is 20.1 Å². The van der Waals surface area contributed by atoms with Crippen LogP contribution >= 0.6 is 0 Å². The SMILES string of the molecule is Cc1ccc(N2CCO[C@H]3CN(C(=O)c4ccc[nH]4)CC[C@H]3C2)nn1.